The first-order valence-corrected chi connectivity index (χ1v) is 9.36. The van der Waals surface area contributed by atoms with Crippen LogP contribution in [0.25, 0.3) is 0 Å². The third-order valence-corrected chi connectivity index (χ3v) is 8.42. The van der Waals surface area contributed by atoms with Gasteiger partial charge in [0.1, 0.15) is 0 Å². The minimum absolute atomic E-state index is 0.0859. The lowest BCUT2D eigenvalue weighted by atomic mass is 9.99. The van der Waals surface area contributed by atoms with Crippen molar-refractivity contribution < 1.29 is 0 Å². The second kappa shape index (κ2) is 6.25. The highest BCUT2D eigenvalue weighted by atomic mass is 31.1. The zero-order chi connectivity index (χ0) is 12.2. The predicted molar refractivity (Wildman–Crippen MR) is 80.0 cm³/mol. The highest BCUT2D eigenvalue weighted by Crippen LogP contribution is 2.59. The van der Waals surface area contributed by atoms with Gasteiger partial charge < -0.3 is 0 Å². The first-order chi connectivity index (χ1) is 8.95. The number of allylic oxidation sites excluding steroid dienone is 2. The summed E-state index contributed by atoms with van der Waals surface area (Å²) < 4.78 is 0. The third kappa shape index (κ3) is 2.83. The van der Waals surface area contributed by atoms with E-state index in [0.29, 0.717) is 5.66 Å². The van der Waals surface area contributed by atoms with Crippen molar-refractivity contribution in [2.75, 3.05) is 0 Å². The van der Waals surface area contributed by atoms with Crippen LogP contribution < -0.4 is 0 Å². The molecular formula is C17H24P. The fourth-order valence-corrected chi connectivity index (χ4v) is 7.75. The van der Waals surface area contributed by atoms with Crippen LogP contribution in [-0.4, -0.2) is 17.0 Å². The lowest BCUT2D eigenvalue weighted by Crippen LogP contribution is -2.25. The van der Waals surface area contributed by atoms with E-state index in [-0.39, 0.29) is 7.92 Å². The van der Waals surface area contributed by atoms with Gasteiger partial charge in [0.05, 0.1) is 5.66 Å². The Morgan fingerprint density at radius 2 is 1.33 bits per heavy atom. The van der Waals surface area contributed by atoms with E-state index in [4.69, 9.17) is 0 Å². The SMILES string of the molecule is [C]1=CC#CC1P(C1CCCCC1)C1CCCCC1. The number of rotatable bonds is 3. The molecule has 0 aromatic rings. The molecule has 2 saturated carbocycles. The molecule has 3 rings (SSSR count). The minimum atomic E-state index is 0.0859. The smallest absolute Gasteiger partial charge is 0.0667 e. The summed E-state index contributed by atoms with van der Waals surface area (Å²) in [6.07, 6.45) is 20.3. The van der Waals surface area contributed by atoms with E-state index in [2.05, 4.69) is 17.9 Å². The molecule has 1 radical (unpaired) electrons. The molecular weight excluding hydrogens is 235 g/mol. The zero-order valence-corrected chi connectivity index (χ0v) is 12.2. The van der Waals surface area contributed by atoms with Crippen LogP contribution in [0, 0.1) is 17.9 Å². The van der Waals surface area contributed by atoms with Gasteiger partial charge in [-0.15, -0.1) is 0 Å². The van der Waals surface area contributed by atoms with Crippen LogP contribution in [0.3, 0.4) is 0 Å². The lowest BCUT2D eigenvalue weighted by Gasteiger charge is -2.40. The Kier molecular flexibility index (Phi) is 4.43. The molecule has 1 unspecified atom stereocenters. The van der Waals surface area contributed by atoms with Crippen LogP contribution in [0.15, 0.2) is 6.08 Å². The Hall–Kier alpha value is -0.270. The first-order valence-electron chi connectivity index (χ1n) is 7.81. The zero-order valence-electron chi connectivity index (χ0n) is 11.3. The summed E-state index contributed by atoms with van der Waals surface area (Å²) in [7, 11) is 0.0859. The summed E-state index contributed by atoms with van der Waals surface area (Å²) in [6.45, 7) is 0. The van der Waals surface area contributed by atoms with E-state index in [1.165, 1.54) is 64.2 Å². The molecule has 0 aromatic carbocycles. The maximum atomic E-state index is 3.53. The molecule has 97 valence electrons. The van der Waals surface area contributed by atoms with Crippen LogP contribution in [0.1, 0.15) is 64.2 Å². The molecule has 2 fully saturated rings. The Balaban J connectivity index is 1.74. The molecule has 0 nitrogen and oxygen atoms in total. The Morgan fingerprint density at radius 1 is 0.778 bits per heavy atom. The van der Waals surface area contributed by atoms with Gasteiger partial charge in [-0.25, -0.2) is 0 Å². The van der Waals surface area contributed by atoms with Gasteiger partial charge in [0.2, 0.25) is 0 Å². The molecule has 0 amide bonds. The summed E-state index contributed by atoms with van der Waals surface area (Å²) in [5.41, 5.74) is 2.55. The summed E-state index contributed by atoms with van der Waals surface area (Å²) in [5.74, 6) is 6.62. The van der Waals surface area contributed by atoms with Crippen molar-refractivity contribution in [1.29, 1.82) is 0 Å². The van der Waals surface area contributed by atoms with Crippen molar-refractivity contribution >= 4 is 7.92 Å². The van der Waals surface area contributed by atoms with Gasteiger partial charge in [-0.05, 0) is 49.2 Å². The second-order valence-corrected chi connectivity index (χ2v) is 8.90. The van der Waals surface area contributed by atoms with Gasteiger partial charge >= 0.3 is 0 Å². The molecule has 0 aromatic heterocycles. The summed E-state index contributed by atoms with van der Waals surface area (Å²) in [5, 5.41) is 0. The van der Waals surface area contributed by atoms with Gasteiger partial charge in [0, 0.05) is 0 Å². The van der Waals surface area contributed by atoms with Gasteiger partial charge in [0.15, 0.2) is 0 Å². The molecule has 18 heavy (non-hydrogen) atoms. The van der Waals surface area contributed by atoms with E-state index in [9.17, 15) is 0 Å². The fraction of sp³-hybridized carbons (Fsp3) is 0.765. The molecule has 0 bridgehead atoms. The molecule has 1 heteroatoms. The van der Waals surface area contributed by atoms with E-state index in [0.717, 1.165) is 11.3 Å². The van der Waals surface area contributed by atoms with Crippen molar-refractivity contribution in [2.45, 2.75) is 81.2 Å². The summed E-state index contributed by atoms with van der Waals surface area (Å²) >= 11 is 0. The van der Waals surface area contributed by atoms with Crippen LogP contribution in [-0.2, 0) is 0 Å². The summed E-state index contributed by atoms with van der Waals surface area (Å²) in [4.78, 5) is 0. The molecule has 3 aliphatic rings. The second-order valence-electron chi connectivity index (χ2n) is 6.03. The fourth-order valence-electron chi connectivity index (χ4n) is 3.92. The van der Waals surface area contributed by atoms with Gasteiger partial charge in [-0.1, -0.05) is 58.3 Å². The van der Waals surface area contributed by atoms with Crippen molar-refractivity contribution in [3.8, 4) is 11.8 Å². The van der Waals surface area contributed by atoms with Crippen LogP contribution in [0.5, 0.6) is 0 Å². The Labute approximate surface area is 113 Å². The molecule has 0 aliphatic heterocycles. The van der Waals surface area contributed by atoms with Crippen molar-refractivity contribution in [3.63, 3.8) is 0 Å². The van der Waals surface area contributed by atoms with Gasteiger partial charge in [0.25, 0.3) is 0 Å². The van der Waals surface area contributed by atoms with Crippen LogP contribution in [0.4, 0.5) is 0 Å². The largest absolute Gasteiger partial charge is 0.0855 e. The van der Waals surface area contributed by atoms with E-state index in [1.807, 2.05) is 6.08 Å². The molecule has 0 spiro atoms. The van der Waals surface area contributed by atoms with Gasteiger partial charge in [-0.2, -0.15) is 0 Å². The average molecular weight is 259 g/mol. The number of hydrogen-bond acceptors (Lipinski definition) is 0. The van der Waals surface area contributed by atoms with Crippen LogP contribution >= 0.6 is 7.92 Å². The van der Waals surface area contributed by atoms with Gasteiger partial charge in [-0.3, -0.25) is 0 Å². The maximum Gasteiger partial charge on any atom is 0.0667 e. The molecule has 3 aliphatic carbocycles. The van der Waals surface area contributed by atoms with Crippen molar-refractivity contribution in [1.82, 2.24) is 0 Å². The quantitative estimate of drug-likeness (QED) is 0.500. The molecule has 0 N–H and O–H groups in total. The normalized spacial score (nSPS) is 29.5. The topological polar surface area (TPSA) is 0 Å². The minimum Gasteiger partial charge on any atom is -0.0855 e. The van der Waals surface area contributed by atoms with E-state index >= 15 is 0 Å². The lowest BCUT2D eigenvalue weighted by molar-refractivity contribution is 0.483. The maximum absolute atomic E-state index is 3.53. The summed E-state index contributed by atoms with van der Waals surface area (Å²) in [6, 6.07) is 0. The highest BCUT2D eigenvalue weighted by molar-refractivity contribution is 7.60. The Bertz CT molecular complexity index is 330. The standard InChI is InChI=1S/C17H24P/c1-3-9-15(10-4-1)18(17-13-7-8-14-17)16-11-5-2-6-12-16/h7,15-17H,1-6,9-12H2. The van der Waals surface area contributed by atoms with E-state index in [1.54, 1.807) is 0 Å². The first kappa shape index (κ1) is 12.7. The Morgan fingerprint density at radius 3 is 1.78 bits per heavy atom. The average Bonchev–Trinajstić information content (AvgIpc) is 2.95. The van der Waals surface area contributed by atoms with E-state index < -0.39 is 0 Å². The van der Waals surface area contributed by atoms with Crippen LogP contribution in [0.2, 0.25) is 0 Å². The molecule has 1 atom stereocenters. The predicted octanol–water partition coefficient (Wildman–Crippen LogP) is 4.88. The monoisotopic (exact) mass is 259 g/mol. The molecule has 0 heterocycles. The number of hydrogen-bond donors (Lipinski definition) is 0. The third-order valence-electron chi connectivity index (χ3n) is 4.82. The highest BCUT2D eigenvalue weighted by Gasteiger charge is 2.35. The molecule has 0 saturated heterocycles. The van der Waals surface area contributed by atoms with Crippen molar-refractivity contribution in [3.05, 3.63) is 12.2 Å². The van der Waals surface area contributed by atoms with Crippen molar-refractivity contribution in [2.24, 2.45) is 0 Å².